The van der Waals surface area contributed by atoms with Crippen LogP contribution in [0.15, 0.2) is 66.7 Å². The molecule has 2 N–H and O–H groups in total. The molecule has 0 bridgehead atoms. The fraction of sp³-hybridized carbons (Fsp3) is 0.160. The van der Waals surface area contributed by atoms with Crippen LogP contribution in [-0.4, -0.2) is 24.3 Å². The molecule has 3 aromatic rings. The Morgan fingerprint density at radius 3 is 2.44 bits per heavy atom. The fourth-order valence-corrected chi connectivity index (χ4v) is 3.84. The van der Waals surface area contributed by atoms with Gasteiger partial charge in [-0.2, -0.15) is 0 Å². The van der Waals surface area contributed by atoms with Crippen molar-refractivity contribution in [3.8, 4) is 0 Å². The first-order valence-electron chi connectivity index (χ1n) is 10.4. The molecule has 0 fully saturated rings. The van der Waals surface area contributed by atoms with Gasteiger partial charge in [-0.3, -0.25) is 14.4 Å². The summed E-state index contributed by atoms with van der Waals surface area (Å²) in [5.74, 6) is -0.590. The topological polar surface area (TPSA) is 78.5 Å². The van der Waals surface area contributed by atoms with Crippen molar-refractivity contribution in [3.63, 3.8) is 0 Å². The maximum atomic E-state index is 12.9. The number of nitrogens with zero attached hydrogens (tertiary/aromatic N) is 1. The molecule has 1 heterocycles. The van der Waals surface area contributed by atoms with Gasteiger partial charge in [0.15, 0.2) is 0 Å². The number of benzene rings is 3. The number of rotatable bonds is 5. The van der Waals surface area contributed by atoms with Crippen LogP contribution in [0.2, 0.25) is 5.02 Å². The van der Waals surface area contributed by atoms with Crippen LogP contribution in [-0.2, 0) is 11.2 Å². The average Bonchev–Trinajstić information content (AvgIpc) is 3.23. The SMILES string of the molecule is CCC(=O)N1CCc2cc(C(=O)Nc3ccccc3C(=O)Nc3ccc(Cl)cc3)ccc21. The molecule has 6 nitrogen and oxygen atoms in total. The number of nitrogens with one attached hydrogen (secondary N) is 2. The quantitative estimate of drug-likeness (QED) is 0.568. The van der Waals surface area contributed by atoms with Crippen LogP contribution in [0, 0.1) is 0 Å². The summed E-state index contributed by atoms with van der Waals surface area (Å²) in [4.78, 5) is 39.6. The molecule has 0 spiro atoms. The first-order chi connectivity index (χ1) is 15.5. The number of halogens is 1. The second kappa shape index (κ2) is 9.24. The lowest BCUT2D eigenvalue weighted by Gasteiger charge is -2.16. The molecule has 0 saturated heterocycles. The predicted molar refractivity (Wildman–Crippen MR) is 127 cm³/mol. The lowest BCUT2D eigenvalue weighted by molar-refractivity contribution is -0.118. The van der Waals surface area contributed by atoms with E-state index in [2.05, 4.69) is 10.6 Å². The van der Waals surface area contributed by atoms with E-state index in [-0.39, 0.29) is 17.7 Å². The summed E-state index contributed by atoms with van der Waals surface area (Å²) < 4.78 is 0. The van der Waals surface area contributed by atoms with Gasteiger partial charge in [0.1, 0.15) is 0 Å². The Bertz CT molecular complexity index is 1190. The predicted octanol–water partition coefficient (Wildman–Crippen LogP) is 5.14. The third kappa shape index (κ3) is 4.50. The summed E-state index contributed by atoms with van der Waals surface area (Å²) in [6, 6.07) is 18.9. The van der Waals surface area contributed by atoms with E-state index in [1.54, 1.807) is 59.5 Å². The van der Waals surface area contributed by atoms with Crippen molar-refractivity contribution in [2.75, 3.05) is 22.1 Å². The molecule has 7 heteroatoms. The van der Waals surface area contributed by atoms with E-state index in [1.165, 1.54) is 0 Å². The summed E-state index contributed by atoms with van der Waals surface area (Å²) in [5, 5.41) is 6.22. The minimum Gasteiger partial charge on any atom is -0.322 e. The minimum absolute atomic E-state index is 0.0709. The highest BCUT2D eigenvalue weighted by Crippen LogP contribution is 2.30. The van der Waals surface area contributed by atoms with Crippen LogP contribution in [0.4, 0.5) is 17.1 Å². The average molecular weight is 448 g/mol. The Morgan fingerprint density at radius 2 is 1.69 bits per heavy atom. The molecule has 1 aliphatic heterocycles. The summed E-state index contributed by atoms with van der Waals surface area (Å²) in [5.41, 5.74) is 3.65. The Morgan fingerprint density at radius 1 is 0.938 bits per heavy atom. The van der Waals surface area contributed by atoms with Crippen LogP contribution in [0.3, 0.4) is 0 Å². The summed E-state index contributed by atoms with van der Waals surface area (Å²) in [6.45, 7) is 2.46. The van der Waals surface area contributed by atoms with E-state index in [9.17, 15) is 14.4 Å². The van der Waals surface area contributed by atoms with Gasteiger partial charge >= 0.3 is 0 Å². The van der Waals surface area contributed by atoms with E-state index in [1.807, 2.05) is 19.1 Å². The van der Waals surface area contributed by atoms with Gasteiger partial charge in [0.05, 0.1) is 11.3 Å². The van der Waals surface area contributed by atoms with E-state index >= 15 is 0 Å². The molecule has 32 heavy (non-hydrogen) atoms. The van der Waals surface area contributed by atoms with Gasteiger partial charge in [-0.05, 0) is 66.6 Å². The van der Waals surface area contributed by atoms with Crippen molar-refractivity contribution < 1.29 is 14.4 Å². The third-order valence-electron chi connectivity index (χ3n) is 5.36. The van der Waals surface area contributed by atoms with Crippen LogP contribution in [0.1, 0.15) is 39.6 Å². The molecule has 162 valence electrons. The van der Waals surface area contributed by atoms with Gasteiger partial charge in [-0.15, -0.1) is 0 Å². The molecular formula is C25H22ClN3O3. The first-order valence-corrected chi connectivity index (χ1v) is 10.7. The van der Waals surface area contributed by atoms with E-state index in [0.29, 0.717) is 46.9 Å². The molecule has 0 saturated carbocycles. The molecule has 3 aromatic carbocycles. The summed E-state index contributed by atoms with van der Waals surface area (Å²) >= 11 is 5.89. The van der Waals surface area contributed by atoms with Crippen molar-refractivity contribution in [1.29, 1.82) is 0 Å². The van der Waals surface area contributed by atoms with Crippen molar-refractivity contribution in [1.82, 2.24) is 0 Å². The number of carbonyl (C=O) groups is 3. The Balaban J connectivity index is 1.51. The number of hydrogen-bond donors (Lipinski definition) is 2. The van der Waals surface area contributed by atoms with Crippen molar-refractivity contribution in [3.05, 3.63) is 88.4 Å². The molecule has 0 radical (unpaired) electrons. The Kier molecular flexibility index (Phi) is 6.23. The van der Waals surface area contributed by atoms with Crippen LogP contribution in [0.5, 0.6) is 0 Å². The molecule has 0 aliphatic carbocycles. The second-order valence-electron chi connectivity index (χ2n) is 7.45. The Hall–Kier alpha value is -3.64. The molecule has 0 unspecified atom stereocenters. The molecule has 0 aromatic heterocycles. The number of amides is 3. The number of anilines is 3. The molecule has 4 rings (SSSR count). The van der Waals surface area contributed by atoms with Gasteiger partial charge in [-0.1, -0.05) is 30.7 Å². The van der Waals surface area contributed by atoms with E-state index < -0.39 is 0 Å². The molecule has 3 amide bonds. The maximum Gasteiger partial charge on any atom is 0.257 e. The van der Waals surface area contributed by atoms with Crippen LogP contribution in [0.25, 0.3) is 0 Å². The second-order valence-corrected chi connectivity index (χ2v) is 7.89. The van der Waals surface area contributed by atoms with Gasteiger partial charge in [0.2, 0.25) is 5.91 Å². The monoisotopic (exact) mass is 447 g/mol. The highest BCUT2D eigenvalue weighted by Gasteiger charge is 2.24. The van der Waals surface area contributed by atoms with Gasteiger partial charge in [-0.25, -0.2) is 0 Å². The zero-order valence-corrected chi connectivity index (χ0v) is 18.3. The Labute approximate surface area is 191 Å². The van der Waals surface area contributed by atoms with E-state index in [0.717, 1.165) is 11.3 Å². The molecule has 1 aliphatic rings. The third-order valence-corrected chi connectivity index (χ3v) is 5.61. The maximum absolute atomic E-state index is 12.9. The lowest BCUT2D eigenvalue weighted by Crippen LogP contribution is -2.27. The summed E-state index contributed by atoms with van der Waals surface area (Å²) in [7, 11) is 0. The highest BCUT2D eigenvalue weighted by atomic mass is 35.5. The molecular weight excluding hydrogens is 426 g/mol. The normalized spacial score (nSPS) is 12.2. The number of fused-ring (bicyclic) bond motifs is 1. The smallest absolute Gasteiger partial charge is 0.257 e. The van der Waals surface area contributed by atoms with Gasteiger partial charge in [0.25, 0.3) is 11.8 Å². The number of carbonyl (C=O) groups excluding carboxylic acids is 3. The van der Waals surface area contributed by atoms with E-state index in [4.69, 9.17) is 11.6 Å². The van der Waals surface area contributed by atoms with Crippen molar-refractivity contribution in [2.24, 2.45) is 0 Å². The fourth-order valence-electron chi connectivity index (χ4n) is 3.71. The van der Waals surface area contributed by atoms with Crippen LogP contribution < -0.4 is 15.5 Å². The lowest BCUT2D eigenvalue weighted by atomic mass is 10.1. The van der Waals surface area contributed by atoms with Crippen LogP contribution >= 0.6 is 11.6 Å². The highest BCUT2D eigenvalue weighted by molar-refractivity contribution is 6.30. The largest absolute Gasteiger partial charge is 0.322 e. The van der Waals surface area contributed by atoms with Crippen molar-refractivity contribution in [2.45, 2.75) is 19.8 Å². The number of para-hydroxylation sites is 1. The molecule has 0 atom stereocenters. The summed E-state index contributed by atoms with van der Waals surface area (Å²) in [6.07, 6.45) is 1.15. The zero-order valence-electron chi connectivity index (χ0n) is 17.5. The van der Waals surface area contributed by atoms with Gasteiger partial charge in [0, 0.05) is 34.9 Å². The van der Waals surface area contributed by atoms with Crippen molar-refractivity contribution >= 4 is 46.4 Å². The number of hydrogen-bond acceptors (Lipinski definition) is 3. The standard InChI is InChI=1S/C25H22ClN3O3/c1-2-23(30)29-14-13-16-15-17(7-12-22(16)29)24(31)28-21-6-4-3-5-20(21)25(32)27-19-10-8-18(26)9-11-19/h3-12,15H,2,13-14H2,1H3,(H,27,32)(H,28,31). The minimum atomic E-state index is -0.342. The zero-order chi connectivity index (χ0) is 22.7. The van der Waals surface area contributed by atoms with Gasteiger partial charge < -0.3 is 15.5 Å². The first kappa shape index (κ1) is 21.6.